The Morgan fingerprint density at radius 1 is 1.00 bits per heavy atom. The standard InChI is InChI=1S/C15H36N2O5Si/c1-7-19-15(11-10-12-16-13-14-17(4)5)22-23(18-6,20-8-2)21-9-3/h15-16H,7-14H2,1-6H3. The molecule has 0 aromatic heterocycles. The molecule has 7 nitrogen and oxygen atoms in total. The first-order valence-electron chi connectivity index (χ1n) is 8.51. The Morgan fingerprint density at radius 2 is 1.65 bits per heavy atom. The Hall–Kier alpha value is -0.0631. The highest BCUT2D eigenvalue weighted by atomic mass is 28.4. The molecule has 0 fully saturated rings. The van der Waals surface area contributed by atoms with Crippen molar-refractivity contribution in [1.82, 2.24) is 10.2 Å². The Bertz CT molecular complexity index is 266. The quantitative estimate of drug-likeness (QED) is 0.256. The summed E-state index contributed by atoms with van der Waals surface area (Å²) in [6.45, 7) is 10.2. The van der Waals surface area contributed by atoms with Crippen molar-refractivity contribution in [1.29, 1.82) is 0 Å². The second kappa shape index (κ2) is 14.3. The number of nitrogens with one attached hydrogen (secondary N) is 1. The fourth-order valence-electron chi connectivity index (χ4n) is 1.97. The van der Waals surface area contributed by atoms with Crippen molar-refractivity contribution in [3.63, 3.8) is 0 Å². The van der Waals surface area contributed by atoms with E-state index in [1.807, 2.05) is 20.8 Å². The molecule has 0 aliphatic heterocycles. The molecule has 140 valence electrons. The SMILES string of the molecule is CCOC(CCCNCCN(C)C)O[Si](OC)(OCC)OCC. The smallest absolute Gasteiger partial charge is 0.355 e. The molecule has 0 radical (unpaired) electrons. The van der Waals surface area contributed by atoms with E-state index in [2.05, 4.69) is 24.3 Å². The van der Waals surface area contributed by atoms with Gasteiger partial charge in [-0.15, -0.1) is 0 Å². The van der Waals surface area contributed by atoms with Crippen LogP contribution >= 0.6 is 0 Å². The summed E-state index contributed by atoms with van der Waals surface area (Å²) in [5, 5.41) is 3.41. The van der Waals surface area contributed by atoms with Crippen molar-refractivity contribution in [2.45, 2.75) is 39.9 Å². The predicted molar refractivity (Wildman–Crippen MR) is 93.2 cm³/mol. The molecule has 23 heavy (non-hydrogen) atoms. The maximum atomic E-state index is 5.97. The molecule has 0 aromatic rings. The zero-order valence-corrected chi connectivity index (χ0v) is 16.7. The molecule has 1 atom stereocenters. The van der Waals surface area contributed by atoms with Crippen LogP contribution in [-0.4, -0.2) is 80.9 Å². The van der Waals surface area contributed by atoms with Gasteiger partial charge >= 0.3 is 9.05 Å². The predicted octanol–water partition coefficient (Wildman–Crippen LogP) is 1.45. The third kappa shape index (κ3) is 11.2. The largest absolute Gasteiger partial charge is 0.681 e. The van der Waals surface area contributed by atoms with Crippen LogP contribution in [0.4, 0.5) is 0 Å². The lowest BCUT2D eigenvalue weighted by Gasteiger charge is -2.30. The van der Waals surface area contributed by atoms with Gasteiger partial charge in [-0.3, -0.25) is 0 Å². The van der Waals surface area contributed by atoms with Crippen LogP contribution in [0.5, 0.6) is 0 Å². The molecule has 0 bridgehead atoms. The van der Waals surface area contributed by atoms with Gasteiger partial charge in [0.15, 0.2) is 6.29 Å². The summed E-state index contributed by atoms with van der Waals surface area (Å²) in [6.07, 6.45) is 1.34. The van der Waals surface area contributed by atoms with E-state index in [0.717, 1.165) is 32.5 Å². The summed E-state index contributed by atoms with van der Waals surface area (Å²) in [6, 6.07) is 0. The maximum Gasteiger partial charge on any atom is 0.681 e. The van der Waals surface area contributed by atoms with Gasteiger partial charge in [-0.25, -0.2) is 0 Å². The van der Waals surface area contributed by atoms with Crippen molar-refractivity contribution >= 4 is 9.05 Å². The molecule has 1 unspecified atom stereocenters. The Morgan fingerprint density at radius 3 is 2.13 bits per heavy atom. The van der Waals surface area contributed by atoms with Crippen molar-refractivity contribution in [2.75, 3.05) is 60.7 Å². The normalized spacial score (nSPS) is 13.7. The summed E-state index contributed by atoms with van der Waals surface area (Å²) in [5.41, 5.74) is 0. The summed E-state index contributed by atoms with van der Waals surface area (Å²) in [4.78, 5) is 2.15. The zero-order chi connectivity index (χ0) is 17.6. The van der Waals surface area contributed by atoms with E-state index < -0.39 is 9.05 Å². The van der Waals surface area contributed by atoms with Crippen LogP contribution in [0.1, 0.15) is 33.6 Å². The molecule has 0 amide bonds. The molecule has 0 aliphatic rings. The molecule has 0 rings (SSSR count). The third-order valence-corrected chi connectivity index (χ3v) is 5.39. The van der Waals surface area contributed by atoms with Gasteiger partial charge in [0, 0.05) is 40.0 Å². The van der Waals surface area contributed by atoms with Crippen LogP contribution in [0, 0.1) is 0 Å². The fraction of sp³-hybridized carbons (Fsp3) is 1.00. The number of ether oxygens (including phenoxy) is 1. The molecule has 0 saturated carbocycles. The van der Waals surface area contributed by atoms with Gasteiger partial charge in [0.05, 0.1) is 0 Å². The average Bonchev–Trinajstić information content (AvgIpc) is 2.51. The molecule has 0 aliphatic carbocycles. The van der Waals surface area contributed by atoms with Crippen LogP contribution < -0.4 is 5.32 Å². The van der Waals surface area contributed by atoms with Crippen molar-refractivity contribution in [3.05, 3.63) is 0 Å². The van der Waals surface area contributed by atoms with E-state index in [-0.39, 0.29) is 6.29 Å². The summed E-state index contributed by atoms with van der Waals surface area (Å²) >= 11 is 0. The monoisotopic (exact) mass is 352 g/mol. The first-order valence-corrected chi connectivity index (χ1v) is 10.1. The molecule has 1 N–H and O–H groups in total. The van der Waals surface area contributed by atoms with Crippen molar-refractivity contribution < 1.29 is 22.4 Å². The molecule has 0 heterocycles. The maximum absolute atomic E-state index is 5.97. The number of nitrogens with zero attached hydrogens (tertiary/aromatic N) is 1. The minimum absolute atomic E-state index is 0.375. The first kappa shape index (κ1) is 22.9. The van der Waals surface area contributed by atoms with Crippen LogP contribution in [0.15, 0.2) is 0 Å². The van der Waals surface area contributed by atoms with Crippen molar-refractivity contribution in [3.8, 4) is 0 Å². The molecular weight excluding hydrogens is 316 g/mol. The van der Waals surface area contributed by atoms with Gasteiger partial charge in [-0.1, -0.05) is 0 Å². The summed E-state index contributed by atoms with van der Waals surface area (Å²) in [5.74, 6) is 0. The number of likely N-dealkylation sites (N-methyl/N-ethyl adjacent to an activating group) is 1. The second-order valence-corrected chi connectivity index (χ2v) is 7.49. The van der Waals surface area contributed by atoms with Gasteiger partial charge in [-0.2, -0.15) is 0 Å². The number of rotatable bonds is 16. The minimum Gasteiger partial charge on any atom is -0.355 e. The number of hydrogen-bond acceptors (Lipinski definition) is 7. The molecule has 0 spiro atoms. The van der Waals surface area contributed by atoms with Crippen LogP contribution in [0.25, 0.3) is 0 Å². The van der Waals surface area contributed by atoms with Crippen LogP contribution in [0.3, 0.4) is 0 Å². The molecule has 0 saturated heterocycles. The van der Waals surface area contributed by atoms with E-state index in [1.165, 1.54) is 0 Å². The second-order valence-electron chi connectivity index (χ2n) is 5.27. The van der Waals surface area contributed by atoms with Crippen molar-refractivity contribution in [2.24, 2.45) is 0 Å². The molecule has 8 heteroatoms. The van der Waals surface area contributed by atoms with Gasteiger partial charge < -0.3 is 32.7 Å². The van der Waals surface area contributed by atoms with Crippen LogP contribution in [-0.2, 0) is 22.4 Å². The zero-order valence-electron chi connectivity index (χ0n) is 15.7. The van der Waals surface area contributed by atoms with E-state index in [9.17, 15) is 0 Å². The molecular formula is C15H36N2O5Si. The third-order valence-electron chi connectivity index (χ3n) is 3.05. The summed E-state index contributed by atoms with van der Waals surface area (Å²) in [7, 11) is 2.58. The topological polar surface area (TPSA) is 61.4 Å². The van der Waals surface area contributed by atoms with Crippen LogP contribution in [0.2, 0.25) is 0 Å². The average molecular weight is 353 g/mol. The molecule has 0 aromatic carbocycles. The van der Waals surface area contributed by atoms with E-state index >= 15 is 0 Å². The van der Waals surface area contributed by atoms with E-state index in [4.69, 9.17) is 22.4 Å². The van der Waals surface area contributed by atoms with E-state index in [1.54, 1.807) is 7.11 Å². The lowest BCUT2D eigenvalue weighted by atomic mass is 10.3. The fourth-order valence-corrected chi connectivity index (χ4v) is 3.74. The highest BCUT2D eigenvalue weighted by Crippen LogP contribution is 2.17. The van der Waals surface area contributed by atoms with Gasteiger partial charge in [0.25, 0.3) is 0 Å². The highest BCUT2D eigenvalue weighted by Gasteiger charge is 2.46. The minimum atomic E-state index is -3.11. The lowest BCUT2D eigenvalue weighted by Crippen LogP contribution is -2.51. The Labute approximate surface area is 143 Å². The Balaban J connectivity index is 4.29. The van der Waals surface area contributed by atoms with E-state index in [0.29, 0.717) is 19.8 Å². The lowest BCUT2D eigenvalue weighted by molar-refractivity contribution is -0.146. The first-order chi connectivity index (χ1) is 11.0. The Kier molecular flexibility index (Phi) is 14.3. The highest BCUT2D eigenvalue weighted by molar-refractivity contribution is 6.53. The van der Waals surface area contributed by atoms with Gasteiger partial charge in [0.1, 0.15) is 0 Å². The van der Waals surface area contributed by atoms with Gasteiger partial charge in [-0.05, 0) is 54.3 Å². The van der Waals surface area contributed by atoms with Gasteiger partial charge in [0.2, 0.25) is 0 Å². The summed E-state index contributed by atoms with van der Waals surface area (Å²) < 4.78 is 28.4. The number of hydrogen-bond donors (Lipinski definition) is 1.